The van der Waals surface area contributed by atoms with E-state index in [1.54, 1.807) is 12.1 Å². The third-order valence-electron chi connectivity index (χ3n) is 3.86. The van der Waals surface area contributed by atoms with Crippen molar-refractivity contribution in [3.8, 4) is 17.2 Å². The first-order chi connectivity index (χ1) is 11.1. The lowest BCUT2D eigenvalue weighted by atomic mass is 10.1. The maximum absolute atomic E-state index is 12.5. The van der Waals surface area contributed by atoms with Crippen molar-refractivity contribution >= 4 is 5.91 Å². The molecule has 0 spiro atoms. The van der Waals surface area contributed by atoms with Crippen LogP contribution >= 0.6 is 0 Å². The third kappa shape index (κ3) is 4.53. The number of benzene rings is 1. The highest BCUT2D eigenvalue weighted by Gasteiger charge is 2.29. The second-order valence-corrected chi connectivity index (χ2v) is 5.70. The van der Waals surface area contributed by atoms with Gasteiger partial charge in [-0.15, -0.1) is 0 Å². The molecule has 2 rings (SSSR count). The molecule has 1 atom stereocenters. The average molecular weight is 321 g/mol. The van der Waals surface area contributed by atoms with E-state index in [2.05, 4.69) is 12.2 Å². The predicted molar refractivity (Wildman–Crippen MR) is 89.6 cm³/mol. The van der Waals surface area contributed by atoms with Gasteiger partial charge in [0.1, 0.15) is 0 Å². The lowest BCUT2D eigenvalue weighted by Gasteiger charge is -2.18. The molecule has 23 heavy (non-hydrogen) atoms. The summed E-state index contributed by atoms with van der Waals surface area (Å²) in [7, 11) is 0. The Bertz CT molecular complexity index is 513. The zero-order chi connectivity index (χ0) is 16.8. The molecule has 1 saturated carbocycles. The molecule has 1 aromatic carbocycles. The van der Waals surface area contributed by atoms with Crippen LogP contribution in [0.25, 0.3) is 0 Å². The highest BCUT2D eigenvalue weighted by molar-refractivity contribution is 5.95. The standard InChI is InChI=1S/C18H27NO4/c1-5-21-15-10-14(18(20)19-12(4)13-8-9-13)11-16(22-6-2)17(15)23-7-3/h10-13H,5-9H2,1-4H3,(H,19,20)/t12-/m1/s1. The van der Waals surface area contributed by atoms with E-state index in [1.165, 1.54) is 12.8 Å². The Morgan fingerprint density at radius 3 is 2.04 bits per heavy atom. The second-order valence-electron chi connectivity index (χ2n) is 5.70. The fourth-order valence-electron chi connectivity index (χ4n) is 2.52. The maximum atomic E-state index is 12.5. The van der Waals surface area contributed by atoms with E-state index in [1.807, 2.05) is 20.8 Å². The molecule has 0 aromatic heterocycles. The molecule has 5 heteroatoms. The normalized spacial score (nSPS) is 15.0. The molecule has 1 amide bonds. The van der Waals surface area contributed by atoms with Crippen LogP contribution in [-0.2, 0) is 0 Å². The summed E-state index contributed by atoms with van der Waals surface area (Å²) in [6.45, 7) is 9.26. The number of carbonyl (C=O) groups is 1. The summed E-state index contributed by atoms with van der Waals surface area (Å²) in [5, 5.41) is 3.06. The van der Waals surface area contributed by atoms with Crippen LogP contribution in [0.2, 0.25) is 0 Å². The zero-order valence-corrected chi connectivity index (χ0v) is 14.5. The van der Waals surface area contributed by atoms with E-state index in [0.717, 1.165) is 0 Å². The molecule has 1 aromatic rings. The monoisotopic (exact) mass is 321 g/mol. The predicted octanol–water partition coefficient (Wildman–Crippen LogP) is 3.41. The zero-order valence-electron chi connectivity index (χ0n) is 14.5. The molecule has 0 saturated heterocycles. The van der Waals surface area contributed by atoms with E-state index >= 15 is 0 Å². The van der Waals surface area contributed by atoms with E-state index in [4.69, 9.17) is 14.2 Å². The molecule has 1 fully saturated rings. The Hall–Kier alpha value is -1.91. The Labute approximate surface area is 138 Å². The van der Waals surface area contributed by atoms with Crippen LogP contribution < -0.4 is 19.5 Å². The van der Waals surface area contributed by atoms with Crippen LogP contribution in [0.15, 0.2) is 12.1 Å². The molecule has 128 valence electrons. The number of ether oxygens (including phenoxy) is 3. The first kappa shape index (κ1) is 17.4. The van der Waals surface area contributed by atoms with Crippen LogP contribution in [0.5, 0.6) is 17.2 Å². The molecule has 0 bridgehead atoms. The maximum Gasteiger partial charge on any atom is 0.251 e. The molecular weight excluding hydrogens is 294 g/mol. The summed E-state index contributed by atoms with van der Waals surface area (Å²) in [4.78, 5) is 12.5. The molecule has 0 aliphatic heterocycles. The number of hydrogen-bond donors (Lipinski definition) is 1. The van der Waals surface area contributed by atoms with Gasteiger partial charge in [0.05, 0.1) is 19.8 Å². The van der Waals surface area contributed by atoms with E-state index in [0.29, 0.717) is 48.6 Å². The van der Waals surface area contributed by atoms with Crippen molar-refractivity contribution in [3.05, 3.63) is 17.7 Å². The lowest BCUT2D eigenvalue weighted by Crippen LogP contribution is -2.34. The molecule has 1 aliphatic rings. The van der Waals surface area contributed by atoms with Crippen LogP contribution in [-0.4, -0.2) is 31.8 Å². The van der Waals surface area contributed by atoms with E-state index < -0.39 is 0 Å². The van der Waals surface area contributed by atoms with Crippen LogP contribution in [0.1, 0.15) is 50.9 Å². The van der Waals surface area contributed by atoms with E-state index in [9.17, 15) is 4.79 Å². The Morgan fingerprint density at radius 2 is 1.61 bits per heavy atom. The van der Waals surface area contributed by atoms with Gasteiger partial charge in [0, 0.05) is 11.6 Å². The molecule has 0 heterocycles. The van der Waals surface area contributed by atoms with Gasteiger partial charge in [0.15, 0.2) is 11.5 Å². The minimum absolute atomic E-state index is 0.102. The molecular formula is C18H27NO4. The number of nitrogens with one attached hydrogen (secondary N) is 1. The van der Waals surface area contributed by atoms with Crippen molar-refractivity contribution < 1.29 is 19.0 Å². The van der Waals surface area contributed by atoms with Crippen LogP contribution in [0, 0.1) is 5.92 Å². The molecule has 0 unspecified atom stereocenters. The Kier molecular flexibility index (Phi) is 6.13. The van der Waals surface area contributed by atoms with Crippen molar-refractivity contribution in [1.82, 2.24) is 5.32 Å². The highest BCUT2D eigenvalue weighted by atomic mass is 16.5. The van der Waals surface area contributed by atoms with Gasteiger partial charge >= 0.3 is 0 Å². The summed E-state index contributed by atoms with van der Waals surface area (Å²) in [6, 6.07) is 3.65. The second kappa shape index (κ2) is 8.09. The summed E-state index contributed by atoms with van der Waals surface area (Å²) >= 11 is 0. The summed E-state index contributed by atoms with van der Waals surface area (Å²) in [5.41, 5.74) is 0.535. The van der Waals surface area contributed by atoms with Crippen molar-refractivity contribution in [2.75, 3.05) is 19.8 Å². The summed E-state index contributed by atoms with van der Waals surface area (Å²) < 4.78 is 16.9. The molecule has 1 aliphatic carbocycles. The first-order valence-electron chi connectivity index (χ1n) is 8.47. The summed E-state index contributed by atoms with van der Waals surface area (Å²) in [6.07, 6.45) is 2.39. The van der Waals surface area contributed by atoms with E-state index in [-0.39, 0.29) is 11.9 Å². The van der Waals surface area contributed by atoms with Crippen LogP contribution in [0.3, 0.4) is 0 Å². The minimum atomic E-state index is -0.102. The van der Waals surface area contributed by atoms with Crippen LogP contribution in [0.4, 0.5) is 0 Å². The quantitative estimate of drug-likeness (QED) is 0.757. The molecule has 5 nitrogen and oxygen atoms in total. The summed E-state index contributed by atoms with van der Waals surface area (Å²) in [5.74, 6) is 2.16. The van der Waals surface area contributed by atoms with Gasteiger partial charge in [0.25, 0.3) is 5.91 Å². The van der Waals surface area contributed by atoms with Crippen molar-refractivity contribution in [2.45, 2.75) is 46.6 Å². The van der Waals surface area contributed by atoms with Crippen molar-refractivity contribution in [3.63, 3.8) is 0 Å². The minimum Gasteiger partial charge on any atom is -0.490 e. The smallest absolute Gasteiger partial charge is 0.251 e. The number of hydrogen-bond acceptors (Lipinski definition) is 4. The highest BCUT2D eigenvalue weighted by Crippen LogP contribution is 2.39. The van der Waals surface area contributed by atoms with Gasteiger partial charge in [0.2, 0.25) is 5.75 Å². The van der Waals surface area contributed by atoms with Gasteiger partial charge in [-0.3, -0.25) is 4.79 Å². The fraction of sp³-hybridized carbons (Fsp3) is 0.611. The van der Waals surface area contributed by atoms with Crippen molar-refractivity contribution in [1.29, 1.82) is 0 Å². The van der Waals surface area contributed by atoms with Gasteiger partial charge in [-0.1, -0.05) is 0 Å². The molecule has 1 N–H and O–H groups in total. The van der Waals surface area contributed by atoms with Crippen molar-refractivity contribution in [2.24, 2.45) is 5.92 Å². The van der Waals surface area contributed by atoms with Gasteiger partial charge < -0.3 is 19.5 Å². The first-order valence-corrected chi connectivity index (χ1v) is 8.47. The Morgan fingerprint density at radius 1 is 1.09 bits per heavy atom. The average Bonchev–Trinajstić information content (AvgIpc) is 3.35. The topological polar surface area (TPSA) is 56.8 Å². The van der Waals surface area contributed by atoms with Gasteiger partial charge in [-0.05, 0) is 58.6 Å². The largest absolute Gasteiger partial charge is 0.490 e. The lowest BCUT2D eigenvalue weighted by molar-refractivity contribution is 0.0934. The SMILES string of the molecule is CCOc1cc(C(=O)N[C@H](C)C2CC2)cc(OCC)c1OCC. The molecule has 0 radical (unpaired) electrons. The fourth-order valence-corrected chi connectivity index (χ4v) is 2.52. The number of amides is 1. The van der Waals surface area contributed by atoms with Gasteiger partial charge in [-0.2, -0.15) is 0 Å². The third-order valence-corrected chi connectivity index (χ3v) is 3.86. The number of rotatable bonds is 9. The van der Waals surface area contributed by atoms with Gasteiger partial charge in [-0.25, -0.2) is 0 Å². The Balaban J connectivity index is 2.28. The number of carbonyl (C=O) groups excluding carboxylic acids is 1.